The summed E-state index contributed by atoms with van der Waals surface area (Å²) in [4.78, 5) is 26.7. The summed E-state index contributed by atoms with van der Waals surface area (Å²) in [6.07, 6.45) is 8.33. The molecule has 0 aromatic carbocycles. The lowest BCUT2D eigenvalue weighted by molar-refractivity contribution is -0.397. The summed E-state index contributed by atoms with van der Waals surface area (Å²) < 4.78 is 34.7. The van der Waals surface area contributed by atoms with Crippen LogP contribution in [0.4, 0.5) is 0 Å². The van der Waals surface area contributed by atoms with Crippen LogP contribution in [0.3, 0.4) is 0 Å². The van der Waals surface area contributed by atoms with Crippen molar-refractivity contribution in [3.8, 4) is 0 Å². The van der Waals surface area contributed by atoms with Gasteiger partial charge >= 0.3 is 5.97 Å². The van der Waals surface area contributed by atoms with E-state index in [0.717, 1.165) is 25.8 Å². The molecule has 5 rings (SSSR count). The predicted molar refractivity (Wildman–Crippen MR) is 230 cm³/mol. The van der Waals surface area contributed by atoms with Crippen LogP contribution in [0.1, 0.15) is 147 Å². The number of Topliss-reactive ketones (excluding diaryl/α,β-unsaturated/α-hetero) is 1. The summed E-state index contributed by atoms with van der Waals surface area (Å²) in [6.45, 7) is 22.7. The first-order valence-corrected chi connectivity index (χ1v) is 23.4. The van der Waals surface area contributed by atoms with E-state index < -0.39 is 70.9 Å². The third-order valence-electron chi connectivity index (χ3n) is 15.3. The molecule has 0 aliphatic carbocycles. The minimum Gasteiger partial charge on any atom is -0.481 e. The zero-order valence-electron chi connectivity index (χ0n) is 37.8. The number of nitrogens with one attached hydrogen (secondary N) is 2. The van der Waals surface area contributed by atoms with E-state index in [-0.39, 0.29) is 47.8 Å². The zero-order chi connectivity index (χ0) is 43.7. The van der Waals surface area contributed by atoms with Crippen LogP contribution in [-0.4, -0.2) is 104 Å². The van der Waals surface area contributed by atoms with Gasteiger partial charge in [-0.2, -0.15) is 0 Å². The van der Waals surface area contributed by atoms with Gasteiger partial charge in [-0.05, 0) is 108 Å². The molecular formula is C46H78N2O10S. The maximum Gasteiger partial charge on any atom is 0.309 e. The molecule has 5 aliphatic rings. The highest BCUT2D eigenvalue weighted by Gasteiger charge is 2.63. The van der Waals surface area contributed by atoms with Gasteiger partial charge in [0, 0.05) is 36.6 Å². The molecule has 5 aliphatic heterocycles. The third kappa shape index (κ3) is 9.77. The molecule has 59 heavy (non-hydrogen) atoms. The van der Waals surface area contributed by atoms with Crippen molar-refractivity contribution in [1.82, 2.24) is 10.6 Å². The lowest BCUT2D eigenvalue weighted by Gasteiger charge is -2.55. The molecule has 0 aromatic heterocycles. The topological polar surface area (TPSA) is 165 Å². The first kappa shape index (κ1) is 48.3. The maximum absolute atomic E-state index is 14.6. The number of ketones is 1. The fourth-order valence-corrected chi connectivity index (χ4v) is 11.3. The lowest BCUT2D eigenvalue weighted by Crippen LogP contribution is -2.66. The smallest absolute Gasteiger partial charge is 0.309 e. The van der Waals surface area contributed by atoms with E-state index in [4.69, 9.17) is 35.9 Å². The van der Waals surface area contributed by atoms with Crippen molar-refractivity contribution in [2.75, 3.05) is 6.54 Å². The SMILES string of the molecule is CCCNC(=S)N[C@@H]1C=C[C@]2(O[C@H]([C@@H](CC)C(=O)[C@@H](C)[C@@H](O)[C@H](C)[C@@H]3O[C@@H]([C@@H](CC)C(=O)O)CC[C@@H]3C)[C@@H](C)C[C@H]2C)O[C@@]12CC[C@@](C)([C@H]1CC[C@](O)(CC)[C@H](C)O1)O2. The van der Waals surface area contributed by atoms with E-state index in [1.165, 1.54) is 0 Å². The quantitative estimate of drug-likeness (QED) is 0.0841. The second-order valence-corrected chi connectivity index (χ2v) is 19.8. The molecule has 0 aromatic rings. The van der Waals surface area contributed by atoms with E-state index >= 15 is 0 Å². The minimum absolute atomic E-state index is 0.0227. The highest BCUT2D eigenvalue weighted by molar-refractivity contribution is 7.80. The van der Waals surface area contributed by atoms with Gasteiger partial charge in [-0.3, -0.25) is 9.59 Å². The average Bonchev–Trinajstić information content (AvgIpc) is 3.54. The fraction of sp³-hybridized carbons (Fsp3) is 0.891. The van der Waals surface area contributed by atoms with Crippen molar-refractivity contribution in [2.24, 2.45) is 41.4 Å². The molecule has 2 spiro atoms. The van der Waals surface area contributed by atoms with E-state index in [1.54, 1.807) is 6.92 Å². The van der Waals surface area contributed by atoms with Gasteiger partial charge in [-0.15, -0.1) is 0 Å². The van der Waals surface area contributed by atoms with Crippen LogP contribution in [0.2, 0.25) is 0 Å². The van der Waals surface area contributed by atoms with Crippen LogP contribution in [0.5, 0.6) is 0 Å². The molecule has 5 N–H and O–H groups in total. The Bertz CT molecular complexity index is 1500. The van der Waals surface area contributed by atoms with Gasteiger partial charge in [0.25, 0.3) is 0 Å². The summed E-state index contributed by atoms with van der Waals surface area (Å²) in [5.74, 6) is -5.48. The number of carboxylic acid groups (broad SMARTS) is 1. The highest BCUT2D eigenvalue weighted by atomic mass is 32.1. The van der Waals surface area contributed by atoms with Gasteiger partial charge in [0.1, 0.15) is 11.8 Å². The predicted octanol–water partition coefficient (Wildman–Crippen LogP) is 7.07. The van der Waals surface area contributed by atoms with Crippen molar-refractivity contribution in [1.29, 1.82) is 0 Å². The molecule has 0 unspecified atom stereocenters. The largest absolute Gasteiger partial charge is 0.481 e. The number of carbonyl (C=O) groups is 2. The molecule has 4 saturated heterocycles. The summed E-state index contributed by atoms with van der Waals surface area (Å²) in [5, 5.41) is 40.2. The van der Waals surface area contributed by atoms with E-state index in [0.29, 0.717) is 56.5 Å². The normalized spacial score (nSPS) is 42.5. The molecular weight excluding hydrogens is 773 g/mol. The Balaban J connectivity index is 1.38. The molecule has 4 fully saturated rings. The summed E-state index contributed by atoms with van der Waals surface area (Å²) in [6, 6.07) is -0.443. The number of carbonyl (C=O) groups excluding carboxylic acids is 1. The first-order valence-electron chi connectivity index (χ1n) is 23.0. The fourth-order valence-electron chi connectivity index (χ4n) is 11.1. The first-order chi connectivity index (χ1) is 27.7. The van der Waals surface area contributed by atoms with Gasteiger partial charge < -0.3 is 49.6 Å². The number of carboxylic acids is 1. The molecule has 12 nitrogen and oxygen atoms in total. The van der Waals surface area contributed by atoms with Crippen LogP contribution < -0.4 is 10.6 Å². The number of hydrogen-bond acceptors (Lipinski definition) is 10. The van der Waals surface area contributed by atoms with E-state index in [1.807, 2.05) is 40.7 Å². The molecule has 18 atom stereocenters. The van der Waals surface area contributed by atoms with Crippen LogP contribution in [0, 0.1) is 41.4 Å². The second kappa shape index (κ2) is 19.4. The average molecular weight is 851 g/mol. The number of aliphatic hydroxyl groups is 2. The molecule has 0 bridgehead atoms. The Kier molecular flexibility index (Phi) is 15.9. The van der Waals surface area contributed by atoms with Crippen molar-refractivity contribution < 1.29 is 48.6 Å². The second-order valence-electron chi connectivity index (χ2n) is 19.3. The molecule has 0 radical (unpaired) electrons. The van der Waals surface area contributed by atoms with Crippen molar-refractivity contribution >= 4 is 29.1 Å². The van der Waals surface area contributed by atoms with Crippen LogP contribution in [0.15, 0.2) is 12.2 Å². The Morgan fingerprint density at radius 3 is 2.22 bits per heavy atom. The Morgan fingerprint density at radius 2 is 1.61 bits per heavy atom. The number of rotatable bonds is 15. The number of aliphatic carboxylic acids is 1. The lowest BCUT2D eigenvalue weighted by atomic mass is 9.72. The van der Waals surface area contributed by atoms with Crippen LogP contribution in [-0.2, 0) is 33.3 Å². The Morgan fingerprint density at radius 1 is 0.915 bits per heavy atom. The van der Waals surface area contributed by atoms with Crippen LogP contribution >= 0.6 is 12.2 Å². The monoisotopic (exact) mass is 851 g/mol. The molecule has 5 heterocycles. The summed E-state index contributed by atoms with van der Waals surface area (Å²) >= 11 is 5.74. The van der Waals surface area contributed by atoms with Crippen LogP contribution in [0.25, 0.3) is 0 Å². The molecule has 0 amide bonds. The molecule has 0 saturated carbocycles. The van der Waals surface area contributed by atoms with Crippen molar-refractivity contribution in [3.05, 3.63) is 12.2 Å². The third-order valence-corrected chi connectivity index (χ3v) is 15.6. The highest BCUT2D eigenvalue weighted by Crippen LogP contribution is 2.54. The number of aliphatic hydroxyl groups excluding tert-OH is 1. The number of thiocarbonyl (C=S) groups is 1. The van der Waals surface area contributed by atoms with Gasteiger partial charge in [-0.1, -0.05) is 68.4 Å². The minimum atomic E-state index is -1.20. The number of ether oxygens (including phenoxy) is 5. The van der Waals surface area contributed by atoms with E-state index in [2.05, 4.69) is 51.3 Å². The summed E-state index contributed by atoms with van der Waals surface area (Å²) in [7, 11) is 0. The zero-order valence-corrected chi connectivity index (χ0v) is 38.6. The van der Waals surface area contributed by atoms with Crippen molar-refractivity contribution in [3.63, 3.8) is 0 Å². The molecule has 13 heteroatoms. The van der Waals surface area contributed by atoms with Gasteiger partial charge in [0.15, 0.2) is 16.7 Å². The summed E-state index contributed by atoms with van der Waals surface area (Å²) in [5.41, 5.74) is -1.59. The van der Waals surface area contributed by atoms with E-state index in [9.17, 15) is 24.9 Å². The standard InChI is InChI=1S/C46H78N2O10S/c1-12-24-47-42(59)48-35-18-21-45(58-46(35)23-22-43(11,57-46)36-19-20-44(53,15-4)31(10)54-36)28(7)25-27(6)40(56-45)33(14-3)38(50)29(8)37(49)30(9)39-26(5)16-17-34(55-39)32(13-2)41(51)52/h18,21,26-37,39-40,49,53H,12-17,19-20,22-25H2,1-11H3,(H,51,52)(H2,47,48,59)/t26-,27-,28+,29-,30-,31-,32+,33-,34+,35+,36+,37+,39+,40-,43-,44+,45-,46-/m0/s1. The van der Waals surface area contributed by atoms with Gasteiger partial charge in [0.05, 0.1) is 53.7 Å². The van der Waals surface area contributed by atoms with Gasteiger partial charge in [-0.25, -0.2) is 0 Å². The molecule has 338 valence electrons. The number of hydrogen-bond donors (Lipinski definition) is 5. The Labute approximate surface area is 359 Å². The Hall–Kier alpha value is -1.71. The van der Waals surface area contributed by atoms with Gasteiger partial charge in [0.2, 0.25) is 0 Å². The van der Waals surface area contributed by atoms with Crippen molar-refractivity contribution in [2.45, 2.75) is 212 Å². The maximum atomic E-state index is 14.6.